The van der Waals surface area contributed by atoms with Gasteiger partial charge in [0.05, 0.1) is 10.6 Å². The number of hydrogen-bond donors (Lipinski definition) is 0. The van der Waals surface area contributed by atoms with Crippen LogP contribution >= 0.6 is 11.6 Å². The first-order chi connectivity index (χ1) is 10.1. The van der Waals surface area contributed by atoms with Crippen LogP contribution in [0.15, 0.2) is 42.5 Å². The number of rotatable bonds is 2. The summed E-state index contributed by atoms with van der Waals surface area (Å²) < 4.78 is 43.9. The molecule has 2 rings (SSSR count). The molecular weight excluding hydrogens is 313 g/mol. The second-order valence-corrected chi connectivity index (χ2v) is 6.42. The van der Waals surface area contributed by atoms with Crippen LogP contribution < -0.4 is 4.74 Å². The van der Waals surface area contributed by atoms with E-state index in [1.807, 2.05) is 12.1 Å². The van der Waals surface area contributed by atoms with Crippen LogP contribution in [0.2, 0.25) is 5.02 Å². The van der Waals surface area contributed by atoms with Gasteiger partial charge in [-0.15, -0.1) is 0 Å². The van der Waals surface area contributed by atoms with Crippen molar-refractivity contribution in [1.29, 1.82) is 0 Å². The normalized spacial score (nSPS) is 12.3. The number of hydrogen-bond acceptors (Lipinski definition) is 1. The molecule has 0 aromatic heterocycles. The molecule has 2 aromatic carbocycles. The monoisotopic (exact) mass is 328 g/mol. The van der Waals surface area contributed by atoms with E-state index >= 15 is 0 Å². The van der Waals surface area contributed by atoms with Crippen molar-refractivity contribution in [2.45, 2.75) is 32.4 Å². The fraction of sp³-hybridized carbons (Fsp3) is 0.294. The largest absolute Gasteiger partial charge is 0.457 e. The maximum absolute atomic E-state index is 12.8. The van der Waals surface area contributed by atoms with E-state index in [9.17, 15) is 13.2 Å². The van der Waals surface area contributed by atoms with Gasteiger partial charge in [0.15, 0.2) is 0 Å². The zero-order chi connectivity index (χ0) is 16.5. The molecule has 0 atom stereocenters. The molecule has 0 heterocycles. The summed E-state index contributed by atoms with van der Waals surface area (Å²) in [6.45, 7) is 6.24. The van der Waals surface area contributed by atoms with Crippen LogP contribution in [0.25, 0.3) is 0 Å². The molecule has 118 valence electrons. The van der Waals surface area contributed by atoms with Crippen LogP contribution in [0.3, 0.4) is 0 Å². The SMILES string of the molecule is CC(C)(C)c1ccc(Oc2ccc(Cl)c(C(F)(F)F)c2)cc1. The van der Waals surface area contributed by atoms with Crippen LogP contribution in [-0.2, 0) is 11.6 Å². The Morgan fingerprint density at radius 3 is 1.91 bits per heavy atom. The van der Waals surface area contributed by atoms with Crippen molar-refractivity contribution in [2.24, 2.45) is 0 Å². The van der Waals surface area contributed by atoms with Crippen LogP contribution in [0, 0.1) is 0 Å². The molecule has 0 saturated heterocycles. The van der Waals surface area contributed by atoms with Crippen molar-refractivity contribution < 1.29 is 17.9 Å². The van der Waals surface area contributed by atoms with Crippen molar-refractivity contribution in [1.82, 2.24) is 0 Å². The fourth-order valence-corrected chi connectivity index (χ4v) is 2.17. The molecule has 0 spiro atoms. The first-order valence-electron chi connectivity index (χ1n) is 6.72. The summed E-state index contributed by atoms with van der Waals surface area (Å²) in [5.41, 5.74) is 0.215. The summed E-state index contributed by atoms with van der Waals surface area (Å²) >= 11 is 5.58. The van der Waals surface area contributed by atoms with Gasteiger partial charge in [0.1, 0.15) is 11.5 Å². The lowest BCUT2D eigenvalue weighted by atomic mass is 9.87. The molecule has 22 heavy (non-hydrogen) atoms. The van der Waals surface area contributed by atoms with Gasteiger partial charge in [-0.3, -0.25) is 0 Å². The number of ether oxygens (including phenoxy) is 1. The van der Waals surface area contributed by atoms with Crippen molar-refractivity contribution in [3.05, 3.63) is 58.6 Å². The molecule has 1 nitrogen and oxygen atoms in total. The highest BCUT2D eigenvalue weighted by atomic mass is 35.5. The lowest BCUT2D eigenvalue weighted by Gasteiger charge is -2.19. The van der Waals surface area contributed by atoms with Gasteiger partial charge in [0.25, 0.3) is 0 Å². The van der Waals surface area contributed by atoms with Crippen molar-refractivity contribution >= 4 is 11.6 Å². The minimum absolute atomic E-state index is 0.00224. The Morgan fingerprint density at radius 2 is 1.41 bits per heavy atom. The van der Waals surface area contributed by atoms with Crippen LogP contribution in [0.5, 0.6) is 11.5 Å². The highest BCUT2D eigenvalue weighted by molar-refractivity contribution is 6.31. The second-order valence-electron chi connectivity index (χ2n) is 6.02. The maximum atomic E-state index is 12.8. The number of benzene rings is 2. The smallest absolute Gasteiger partial charge is 0.417 e. The molecule has 0 bridgehead atoms. The van der Waals surface area contributed by atoms with E-state index in [2.05, 4.69) is 20.8 Å². The van der Waals surface area contributed by atoms with E-state index in [1.165, 1.54) is 12.1 Å². The lowest BCUT2D eigenvalue weighted by molar-refractivity contribution is -0.137. The molecule has 2 aromatic rings. The minimum atomic E-state index is -4.51. The molecule has 0 amide bonds. The fourth-order valence-electron chi connectivity index (χ4n) is 1.94. The topological polar surface area (TPSA) is 9.23 Å². The van der Waals surface area contributed by atoms with E-state index in [0.717, 1.165) is 11.6 Å². The van der Waals surface area contributed by atoms with Gasteiger partial charge in [0.2, 0.25) is 0 Å². The van der Waals surface area contributed by atoms with Crippen molar-refractivity contribution in [2.75, 3.05) is 0 Å². The standard InChI is InChI=1S/C17H16ClF3O/c1-16(2,3)11-4-6-12(7-5-11)22-13-8-9-15(18)14(10-13)17(19,20)21/h4-10H,1-3H3. The molecule has 0 saturated carbocycles. The predicted molar refractivity (Wildman–Crippen MR) is 81.7 cm³/mol. The Balaban J connectivity index is 2.24. The van der Waals surface area contributed by atoms with Gasteiger partial charge in [-0.1, -0.05) is 44.5 Å². The summed E-state index contributed by atoms with van der Waals surface area (Å²) in [6, 6.07) is 10.8. The summed E-state index contributed by atoms with van der Waals surface area (Å²) in [5.74, 6) is 0.573. The van der Waals surface area contributed by atoms with Gasteiger partial charge in [-0.05, 0) is 41.3 Å². The van der Waals surface area contributed by atoms with Gasteiger partial charge in [-0.25, -0.2) is 0 Å². The summed E-state index contributed by atoms with van der Waals surface area (Å²) in [6.07, 6.45) is -4.51. The van der Waals surface area contributed by atoms with Gasteiger partial charge in [0, 0.05) is 0 Å². The predicted octanol–water partition coefficient (Wildman–Crippen LogP) is 6.45. The third-order valence-corrected chi connectivity index (χ3v) is 3.53. The number of halogens is 4. The quantitative estimate of drug-likeness (QED) is 0.615. The maximum Gasteiger partial charge on any atom is 0.417 e. The Morgan fingerprint density at radius 1 is 0.864 bits per heavy atom. The van der Waals surface area contributed by atoms with E-state index in [0.29, 0.717) is 5.75 Å². The highest BCUT2D eigenvalue weighted by Gasteiger charge is 2.33. The van der Waals surface area contributed by atoms with Crippen molar-refractivity contribution in [3.8, 4) is 11.5 Å². The average molecular weight is 329 g/mol. The van der Waals surface area contributed by atoms with Gasteiger partial charge >= 0.3 is 6.18 Å². The van der Waals surface area contributed by atoms with E-state index < -0.39 is 11.7 Å². The molecule has 0 fully saturated rings. The summed E-state index contributed by atoms with van der Waals surface area (Å²) in [4.78, 5) is 0. The molecular formula is C17H16ClF3O. The second kappa shape index (κ2) is 5.84. The average Bonchev–Trinajstić information content (AvgIpc) is 2.39. The third kappa shape index (κ3) is 3.95. The van der Waals surface area contributed by atoms with Gasteiger partial charge < -0.3 is 4.74 Å². The highest BCUT2D eigenvalue weighted by Crippen LogP contribution is 2.37. The van der Waals surface area contributed by atoms with E-state index in [4.69, 9.17) is 16.3 Å². The first-order valence-corrected chi connectivity index (χ1v) is 7.10. The molecule has 0 N–H and O–H groups in total. The Hall–Kier alpha value is -1.68. The van der Waals surface area contributed by atoms with Crippen LogP contribution in [0.1, 0.15) is 31.9 Å². The molecule has 5 heteroatoms. The first kappa shape index (κ1) is 16.7. The minimum Gasteiger partial charge on any atom is -0.457 e. The zero-order valence-electron chi connectivity index (χ0n) is 12.5. The molecule has 0 aliphatic carbocycles. The zero-order valence-corrected chi connectivity index (χ0v) is 13.2. The summed E-state index contributed by atoms with van der Waals surface area (Å²) in [7, 11) is 0. The Bertz CT molecular complexity index is 655. The third-order valence-electron chi connectivity index (χ3n) is 3.20. The lowest BCUT2D eigenvalue weighted by Crippen LogP contribution is -2.10. The van der Waals surface area contributed by atoms with Gasteiger partial charge in [-0.2, -0.15) is 13.2 Å². The van der Waals surface area contributed by atoms with Crippen LogP contribution in [-0.4, -0.2) is 0 Å². The van der Waals surface area contributed by atoms with E-state index in [1.54, 1.807) is 12.1 Å². The molecule has 0 aliphatic rings. The molecule has 0 radical (unpaired) electrons. The van der Waals surface area contributed by atoms with E-state index in [-0.39, 0.29) is 16.2 Å². The van der Waals surface area contributed by atoms with Crippen molar-refractivity contribution in [3.63, 3.8) is 0 Å². The Labute approximate surface area is 132 Å². The van der Waals surface area contributed by atoms with Crippen LogP contribution in [0.4, 0.5) is 13.2 Å². The Kier molecular flexibility index (Phi) is 4.43. The summed E-state index contributed by atoms with van der Waals surface area (Å²) in [5, 5.41) is -0.345. The molecule has 0 aliphatic heterocycles. The molecule has 0 unspecified atom stereocenters. The number of alkyl halides is 3.